The van der Waals surface area contributed by atoms with Crippen LogP contribution >= 0.6 is 0 Å². The van der Waals surface area contributed by atoms with Crippen LogP contribution in [0.1, 0.15) is 26.7 Å². The monoisotopic (exact) mass is 186 g/mol. The number of nitrogens with zero attached hydrogens (tertiary/aromatic N) is 1. The quantitative estimate of drug-likeness (QED) is 0.651. The van der Waals surface area contributed by atoms with Crippen LogP contribution in [0, 0.1) is 6.23 Å². The molecule has 1 rings (SSSR count). The van der Waals surface area contributed by atoms with Crippen molar-refractivity contribution in [3.05, 3.63) is 6.23 Å². The van der Waals surface area contributed by atoms with Crippen molar-refractivity contribution >= 4 is 0 Å². The van der Waals surface area contributed by atoms with Gasteiger partial charge in [-0.3, -0.25) is 4.90 Å². The number of hydrogen-bond donors (Lipinski definition) is 0. The van der Waals surface area contributed by atoms with Crippen molar-refractivity contribution in [1.29, 1.82) is 0 Å². The van der Waals surface area contributed by atoms with Crippen molar-refractivity contribution in [1.82, 2.24) is 4.90 Å². The maximum atomic E-state index is 5.55. The van der Waals surface area contributed by atoms with Crippen LogP contribution in [0.3, 0.4) is 0 Å². The molecule has 1 saturated heterocycles. The van der Waals surface area contributed by atoms with Crippen LogP contribution in [0.4, 0.5) is 0 Å². The highest BCUT2D eigenvalue weighted by atomic mass is 16.6. The van der Waals surface area contributed by atoms with Crippen molar-refractivity contribution in [2.75, 3.05) is 32.9 Å². The van der Waals surface area contributed by atoms with Crippen molar-refractivity contribution in [2.24, 2.45) is 0 Å². The minimum Gasteiger partial charge on any atom is -0.374 e. The second-order valence-electron chi connectivity index (χ2n) is 3.23. The molecular weight excluding hydrogens is 166 g/mol. The van der Waals surface area contributed by atoms with E-state index in [1.54, 1.807) is 0 Å². The van der Waals surface area contributed by atoms with Crippen LogP contribution in [-0.2, 0) is 9.47 Å². The molecule has 0 aromatic heterocycles. The Bertz CT molecular complexity index is 124. The lowest BCUT2D eigenvalue weighted by atomic mass is 10.3. The smallest absolute Gasteiger partial charge is 0.190 e. The molecule has 0 aromatic rings. The van der Waals surface area contributed by atoms with E-state index in [1.807, 2.05) is 0 Å². The zero-order valence-corrected chi connectivity index (χ0v) is 8.71. The molecule has 0 saturated carbocycles. The molecule has 13 heavy (non-hydrogen) atoms. The molecule has 3 heteroatoms. The van der Waals surface area contributed by atoms with Crippen LogP contribution in [0.25, 0.3) is 0 Å². The fourth-order valence-electron chi connectivity index (χ4n) is 1.41. The standard InChI is InChI=1S/C10H20NO2/c1-3-5-6-11(4-2)10-9-12-7-8-13-10/h3-9H2,1-2H3. The SMILES string of the molecule is CCCCN(CC)[C]1COCCO1. The highest BCUT2D eigenvalue weighted by molar-refractivity contribution is 4.80. The summed E-state index contributed by atoms with van der Waals surface area (Å²) in [6.07, 6.45) is 3.47. The van der Waals surface area contributed by atoms with E-state index in [2.05, 4.69) is 18.7 Å². The molecule has 0 aromatic carbocycles. The summed E-state index contributed by atoms with van der Waals surface area (Å²) in [7, 11) is 0. The lowest BCUT2D eigenvalue weighted by Crippen LogP contribution is -2.38. The van der Waals surface area contributed by atoms with Gasteiger partial charge in [-0.25, -0.2) is 0 Å². The minimum atomic E-state index is 0.650. The van der Waals surface area contributed by atoms with Gasteiger partial charge in [0.25, 0.3) is 0 Å². The minimum absolute atomic E-state index is 0.650. The first-order chi connectivity index (χ1) is 6.38. The number of rotatable bonds is 5. The molecular formula is C10H20NO2. The zero-order chi connectivity index (χ0) is 9.52. The fraction of sp³-hybridized carbons (Fsp3) is 0.900. The average Bonchev–Trinajstić information content (AvgIpc) is 2.21. The van der Waals surface area contributed by atoms with Crippen molar-refractivity contribution in [3.63, 3.8) is 0 Å². The van der Waals surface area contributed by atoms with Gasteiger partial charge in [-0.1, -0.05) is 20.3 Å². The van der Waals surface area contributed by atoms with E-state index in [9.17, 15) is 0 Å². The van der Waals surface area contributed by atoms with E-state index in [0.717, 1.165) is 25.9 Å². The van der Waals surface area contributed by atoms with Gasteiger partial charge in [-0.15, -0.1) is 0 Å². The predicted octanol–water partition coefficient (Wildman–Crippen LogP) is 1.64. The summed E-state index contributed by atoms with van der Waals surface area (Å²) in [5.74, 6) is 0. The largest absolute Gasteiger partial charge is 0.374 e. The molecule has 0 aliphatic carbocycles. The third-order valence-electron chi connectivity index (χ3n) is 2.24. The van der Waals surface area contributed by atoms with Gasteiger partial charge in [-0.2, -0.15) is 0 Å². The van der Waals surface area contributed by atoms with Gasteiger partial charge >= 0.3 is 0 Å². The zero-order valence-electron chi connectivity index (χ0n) is 8.71. The predicted molar refractivity (Wildman–Crippen MR) is 52.2 cm³/mol. The summed E-state index contributed by atoms with van der Waals surface area (Å²) in [4.78, 5) is 2.27. The van der Waals surface area contributed by atoms with E-state index >= 15 is 0 Å². The molecule has 1 aliphatic rings. The van der Waals surface area contributed by atoms with Crippen LogP contribution in [0.2, 0.25) is 0 Å². The third kappa shape index (κ3) is 3.63. The Hall–Kier alpha value is -0.120. The van der Waals surface area contributed by atoms with Crippen LogP contribution < -0.4 is 0 Å². The molecule has 0 unspecified atom stereocenters. The maximum absolute atomic E-state index is 5.55. The van der Waals surface area contributed by atoms with Crippen LogP contribution in [0.5, 0.6) is 0 Å². The van der Waals surface area contributed by atoms with E-state index in [1.165, 1.54) is 12.8 Å². The first-order valence-corrected chi connectivity index (χ1v) is 5.19. The van der Waals surface area contributed by atoms with Gasteiger partial charge < -0.3 is 9.47 Å². The Labute approximate surface area is 81.0 Å². The Kier molecular flexibility index (Phi) is 5.35. The second kappa shape index (κ2) is 6.35. The highest BCUT2D eigenvalue weighted by Gasteiger charge is 2.21. The summed E-state index contributed by atoms with van der Waals surface area (Å²) in [5, 5.41) is 0. The van der Waals surface area contributed by atoms with Crippen molar-refractivity contribution in [3.8, 4) is 0 Å². The Morgan fingerprint density at radius 2 is 2.15 bits per heavy atom. The van der Waals surface area contributed by atoms with E-state index in [-0.39, 0.29) is 0 Å². The molecule has 1 heterocycles. The molecule has 0 atom stereocenters. The highest BCUT2D eigenvalue weighted by Crippen LogP contribution is 2.15. The van der Waals surface area contributed by atoms with Gasteiger partial charge in [0.15, 0.2) is 6.23 Å². The van der Waals surface area contributed by atoms with Gasteiger partial charge in [0, 0.05) is 6.54 Å². The summed E-state index contributed by atoms with van der Waals surface area (Å²) in [5.41, 5.74) is 0. The van der Waals surface area contributed by atoms with Gasteiger partial charge in [0.1, 0.15) is 0 Å². The van der Waals surface area contributed by atoms with E-state index in [0.29, 0.717) is 13.2 Å². The molecule has 1 radical (unpaired) electrons. The molecule has 0 amide bonds. The normalized spacial score (nSPS) is 19.6. The van der Waals surface area contributed by atoms with Crippen molar-refractivity contribution < 1.29 is 9.47 Å². The molecule has 1 fully saturated rings. The maximum Gasteiger partial charge on any atom is 0.190 e. The Balaban J connectivity index is 2.26. The Morgan fingerprint density at radius 1 is 1.31 bits per heavy atom. The average molecular weight is 186 g/mol. The van der Waals surface area contributed by atoms with Crippen LogP contribution in [-0.4, -0.2) is 37.8 Å². The topological polar surface area (TPSA) is 21.7 Å². The number of ether oxygens (including phenoxy) is 2. The van der Waals surface area contributed by atoms with E-state index < -0.39 is 0 Å². The first-order valence-electron chi connectivity index (χ1n) is 5.19. The molecule has 1 aliphatic heterocycles. The summed E-state index contributed by atoms with van der Waals surface area (Å²) >= 11 is 0. The summed E-state index contributed by atoms with van der Waals surface area (Å²) < 4.78 is 10.9. The number of likely N-dealkylation sites (N-methyl/N-ethyl adjacent to an activating group) is 1. The molecule has 77 valence electrons. The summed E-state index contributed by atoms with van der Waals surface area (Å²) in [6, 6.07) is 0. The lowest BCUT2D eigenvalue weighted by Gasteiger charge is -2.31. The molecule has 0 spiro atoms. The van der Waals surface area contributed by atoms with Gasteiger partial charge in [0.2, 0.25) is 0 Å². The lowest BCUT2D eigenvalue weighted by molar-refractivity contribution is -0.0819. The Morgan fingerprint density at radius 3 is 2.69 bits per heavy atom. The first kappa shape index (κ1) is 11.0. The van der Waals surface area contributed by atoms with Gasteiger partial charge in [0.05, 0.1) is 19.8 Å². The van der Waals surface area contributed by atoms with Crippen molar-refractivity contribution in [2.45, 2.75) is 26.7 Å². The van der Waals surface area contributed by atoms with Gasteiger partial charge in [-0.05, 0) is 13.0 Å². The molecule has 0 bridgehead atoms. The molecule has 3 nitrogen and oxygen atoms in total. The molecule has 0 N–H and O–H groups in total. The third-order valence-corrected chi connectivity index (χ3v) is 2.24. The number of hydrogen-bond acceptors (Lipinski definition) is 3. The van der Waals surface area contributed by atoms with Crippen LogP contribution in [0.15, 0.2) is 0 Å². The fourth-order valence-corrected chi connectivity index (χ4v) is 1.41. The second-order valence-corrected chi connectivity index (χ2v) is 3.23. The number of unbranched alkanes of at least 4 members (excludes halogenated alkanes) is 1. The van der Waals surface area contributed by atoms with E-state index in [4.69, 9.17) is 9.47 Å². The summed E-state index contributed by atoms with van der Waals surface area (Å²) in [6.45, 7) is 8.55.